The molecule has 26 heavy (non-hydrogen) atoms. The molecule has 0 bridgehead atoms. The number of halogens is 1. The summed E-state index contributed by atoms with van der Waals surface area (Å²) in [5, 5.41) is 3.39. The summed E-state index contributed by atoms with van der Waals surface area (Å²) in [6, 6.07) is 7.92. The van der Waals surface area contributed by atoms with Gasteiger partial charge >= 0.3 is 6.09 Å². The van der Waals surface area contributed by atoms with E-state index in [1.54, 1.807) is 0 Å². The minimum atomic E-state index is -0.532. The normalized spacial score (nSPS) is 15.6. The van der Waals surface area contributed by atoms with Gasteiger partial charge in [-0.15, -0.1) is 0 Å². The van der Waals surface area contributed by atoms with Crippen LogP contribution in [0.3, 0.4) is 0 Å². The van der Waals surface area contributed by atoms with Gasteiger partial charge in [0, 0.05) is 23.6 Å². The second-order valence-corrected chi connectivity index (χ2v) is 8.05. The molecule has 1 aliphatic heterocycles. The Bertz CT molecular complexity index is 623. The highest BCUT2D eigenvalue weighted by molar-refractivity contribution is 6.30. The molecule has 1 aromatic rings. The molecule has 0 aliphatic carbocycles. The van der Waals surface area contributed by atoms with E-state index in [0.717, 1.165) is 37.7 Å². The highest BCUT2D eigenvalue weighted by Gasteiger charge is 2.24. The van der Waals surface area contributed by atoms with Crippen molar-refractivity contribution in [2.45, 2.75) is 39.3 Å². The van der Waals surface area contributed by atoms with E-state index in [9.17, 15) is 9.59 Å². The van der Waals surface area contributed by atoms with Gasteiger partial charge in [-0.25, -0.2) is 4.79 Å². The van der Waals surface area contributed by atoms with Crippen LogP contribution >= 0.6 is 11.6 Å². The van der Waals surface area contributed by atoms with Gasteiger partial charge in [-0.2, -0.15) is 0 Å². The third-order valence-corrected chi connectivity index (χ3v) is 4.41. The molecule has 0 spiro atoms. The van der Waals surface area contributed by atoms with Crippen LogP contribution in [0, 0.1) is 0 Å². The summed E-state index contributed by atoms with van der Waals surface area (Å²) in [7, 11) is 0. The molecule has 0 atom stereocenters. The number of hydrogen-bond acceptors (Lipinski definition) is 3. The Hall–Kier alpha value is -1.79. The zero-order valence-corrected chi connectivity index (χ0v) is 16.6. The molecule has 6 nitrogen and oxygen atoms in total. The van der Waals surface area contributed by atoms with Gasteiger partial charge in [0.25, 0.3) is 0 Å². The van der Waals surface area contributed by atoms with Gasteiger partial charge < -0.3 is 19.9 Å². The average Bonchev–Trinajstić information content (AvgIpc) is 2.53. The molecular weight excluding hydrogens is 354 g/mol. The Morgan fingerprint density at radius 2 is 1.96 bits per heavy atom. The number of nitrogens with one attached hydrogen (secondary N) is 2. The number of amides is 2. The molecule has 0 radical (unpaired) electrons. The predicted molar refractivity (Wildman–Crippen MR) is 101 cm³/mol. The number of benzene rings is 1. The fraction of sp³-hybridized carbons (Fsp3) is 0.579. The Morgan fingerprint density at radius 3 is 2.58 bits per heavy atom. The van der Waals surface area contributed by atoms with Crippen LogP contribution in [0.5, 0.6) is 0 Å². The van der Waals surface area contributed by atoms with Crippen molar-refractivity contribution in [2.75, 3.05) is 32.7 Å². The topological polar surface area (TPSA) is 63.1 Å². The average molecular weight is 383 g/mol. The first-order valence-corrected chi connectivity index (χ1v) is 9.43. The van der Waals surface area contributed by atoms with Gasteiger partial charge in [0.15, 0.2) is 0 Å². The third kappa shape index (κ3) is 7.22. The molecule has 144 valence electrons. The highest BCUT2D eigenvalue weighted by Crippen LogP contribution is 2.10. The van der Waals surface area contributed by atoms with Crippen LogP contribution in [-0.2, 0) is 16.1 Å². The summed E-state index contributed by atoms with van der Waals surface area (Å²) < 4.78 is 5.16. The Morgan fingerprint density at radius 1 is 1.27 bits per heavy atom. The van der Waals surface area contributed by atoms with Gasteiger partial charge in [0.1, 0.15) is 12.1 Å². The summed E-state index contributed by atoms with van der Waals surface area (Å²) in [6.07, 6.45) is -0.191. The van der Waals surface area contributed by atoms with Crippen molar-refractivity contribution in [2.24, 2.45) is 0 Å². The number of rotatable bonds is 5. The smallest absolute Gasteiger partial charge is 0.407 e. The predicted octanol–water partition coefficient (Wildman–Crippen LogP) is 1.48. The van der Waals surface area contributed by atoms with Crippen molar-refractivity contribution in [1.82, 2.24) is 10.2 Å². The van der Waals surface area contributed by atoms with Crippen LogP contribution in [0.1, 0.15) is 32.8 Å². The second kappa shape index (κ2) is 9.24. The molecule has 2 N–H and O–H groups in total. The molecule has 1 saturated heterocycles. The van der Waals surface area contributed by atoms with Gasteiger partial charge in [-0.1, -0.05) is 23.7 Å². The largest absolute Gasteiger partial charge is 0.444 e. The number of hydrogen-bond donors (Lipinski definition) is 2. The lowest BCUT2D eigenvalue weighted by molar-refractivity contribution is -0.917. The summed E-state index contributed by atoms with van der Waals surface area (Å²) in [5.41, 5.74) is 0.685. The summed E-state index contributed by atoms with van der Waals surface area (Å²) in [6.45, 7) is 9.94. The van der Waals surface area contributed by atoms with Crippen molar-refractivity contribution in [3.63, 3.8) is 0 Å². The maximum Gasteiger partial charge on any atom is 0.407 e. The van der Waals surface area contributed by atoms with Crippen LogP contribution in [0.15, 0.2) is 24.3 Å². The number of quaternary nitrogens is 1. The minimum Gasteiger partial charge on any atom is -0.444 e. The maximum absolute atomic E-state index is 12.3. The Balaban J connectivity index is 1.67. The highest BCUT2D eigenvalue weighted by atomic mass is 35.5. The summed E-state index contributed by atoms with van der Waals surface area (Å²) >= 11 is 6.03. The van der Waals surface area contributed by atoms with Crippen LogP contribution in [0.4, 0.5) is 4.79 Å². The molecule has 2 amide bonds. The first-order chi connectivity index (χ1) is 12.2. The summed E-state index contributed by atoms with van der Waals surface area (Å²) in [4.78, 5) is 27.2. The van der Waals surface area contributed by atoms with E-state index in [-0.39, 0.29) is 5.91 Å². The standard InChI is InChI=1S/C19H28ClN3O3/c1-19(2,3)26-18(25)21-8-7-17(24)23-11-9-22(10-12-23)14-15-5-4-6-16(20)13-15/h4-6,13H,7-12,14H2,1-3H3,(H,21,25)/p+1. The van der Waals surface area contributed by atoms with Gasteiger partial charge in [-0.3, -0.25) is 4.79 Å². The second-order valence-electron chi connectivity index (χ2n) is 7.62. The van der Waals surface area contributed by atoms with E-state index >= 15 is 0 Å². The van der Waals surface area contributed by atoms with Gasteiger partial charge in [0.2, 0.25) is 5.91 Å². The molecule has 0 aromatic heterocycles. The lowest BCUT2D eigenvalue weighted by Gasteiger charge is -2.32. The lowest BCUT2D eigenvalue weighted by Crippen LogP contribution is -3.13. The quantitative estimate of drug-likeness (QED) is 0.810. The molecule has 7 heteroatoms. The number of alkyl carbamates (subject to hydrolysis) is 1. The molecule has 0 saturated carbocycles. The zero-order valence-electron chi connectivity index (χ0n) is 15.8. The SMILES string of the molecule is CC(C)(C)OC(=O)NCCC(=O)N1CC[NH+](Cc2cccc(Cl)c2)CC1. The Labute approximate surface area is 160 Å². The molecule has 0 unspecified atom stereocenters. The zero-order chi connectivity index (χ0) is 19.2. The molecule has 1 aliphatic rings. The van der Waals surface area contributed by atoms with Gasteiger partial charge in [0.05, 0.1) is 26.2 Å². The Kier molecular flexibility index (Phi) is 7.29. The first kappa shape index (κ1) is 20.5. The number of piperazine rings is 1. The van der Waals surface area contributed by atoms with Crippen molar-refractivity contribution in [3.05, 3.63) is 34.9 Å². The van der Waals surface area contributed by atoms with E-state index < -0.39 is 11.7 Å². The number of carbonyl (C=O) groups excluding carboxylic acids is 2. The van der Waals surface area contributed by atoms with Crippen molar-refractivity contribution in [3.8, 4) is 0 Å². The van der Waals surface area contributed by atoms with Gasteiger partial charge in [-0.05, 0) is 32.9 Å². The fourth-order valence-electron chi connectivity index (χ4n) is 2.93. The van der Waals surface area contributed by atoms with Crippen LogP contribution < -0.4 is 10.2 Å². The van der Waals surface area contributed by atoms with Crippen LogP contribution in [-0.4, -0.2) is 55.2 Å². The summed E-state index contributed by atoms with van der Waals surface area (Å²) in [5.74, 6) is 0.0721. The minimum absolute atomic E-state index is 0.0721. The van der Waals surface area contributed by atoms with E-state index in [1.807, 2.05) is 43.9 Å². The first-order valence-electron chi connectivity index (χ1n) is 9.05. The fourth-order valence-corrected chi connectivity index (χ4v) is 3.14. The van der Waals surface area contributed by atoms with Crippen LogP contribution in [0.25, 0.3) is 0 Å². The van der Waals surface area contributed by atoms with E-state index in [2.05, 4.69) is 11.4 Å². The van der Waals surface area contributed by atoms with E-state index in [4.69, 9.17) is 16.3 Å². The molecule has 2 rings (SSSR count). The van der Waals surface area contributed by atoms with Crippen molar-refractivity contribution in [1.29, 1.82) is 0 Å². The maximum atomic E-state index is 12.3. The molecule has 1 heterocycles. The number of carbonyl (C=O) groups is 2. The van der Waals surface area contributed by atoms with E-state index in [0.29, 0.717) is 13.0 Å². The van der Waals surface area contributed by atoms with E-state index in [1.165, 1.54) is 10.5 Å². The molecule has 1 fully saturated rings. The number of nitrogens with zero attached hydrogens (tertiary/aromatic N) is 1. The third-order valence-electron chi connectivity index (χ3n) is 4.17. The van der Waals surface area contributed by atoms with Crippen molar-refractivity contribution < 1.29 is 19.2 Å². The van der Waals surface area contributed by atoms with Crippen LogP contribution in [0.2, 0.25) is 5.02 Å². The number of ether oxygens (including phenoxy) is 1. The lowest BCUT2D eigenvalue weighted by atomic mass is 10.2. The van der Waals surface area contributed by atoms with Crippen molar-refractivity contribution >= 4 is 23.6 Å². The molecular formula is C19H29ClN3O3+. The molecule has 1 aromatic carbocycles. The monoisotopic (exact) mass is 382 g/mol.